The van der Waals surface area contributed by atoms with Gasteiger partial charge >= 0.3 is 0 Å². The lowest BCUT2D eigenvalue weighted by atomic mass is 10.3. The number of ether oxygens (including phenoxy) is 2. The fourth-order valence-electron chi connectivity index (χ4n) is 1.36. The first-order valence-corrected chi connectivity index (χ1v) is 5.53. The van der Waals surface area contributed by atoms with Gasteiger partial charge in [-0.1, -0.05) is 17.7 Å². The predicted molar refractivity (Wildman–Crippen MR) is 66.6 cm³/mol. The Morgan fingerprint density at radius 1 is 1.24 bits per heavy atom. The van der Waals surface area contributed by atoms with Gasteiger partial charge in [0, 0.05) is 12.3 Å². The minimum Gasteiger partial charge on any atom is -0.497 e. The van der Waals surface area contributed by atoms with Crippen molar-refractivity contribution in [2.24, 2.45) is 0 Å². The molecule has 0 fully saturated rings. The molecule has 0 aliphatic heterocycles. The van der Waals surface area contributed by atoms with Crippen molar-refractivity contribution >= 4 is 11.6 Å². The summed E-state index contributed by atoms with van der Waals surface area (Å²) in [5.74, 6) is 1.33. The third-order valence-corrected chi connectivity index (χ3v) is 2.54. The van der Waals surface area contributed by atoms with E-state index in [9.17, 15) is 0 Å². The average Bonchev–Trinajstić information content (AvgIpc) is 2.38. The molecule has 17 heavy (non-hydrogen) atoms. The molecule has 4 heteroatoms. The molecule has 0 amide bonds. The third-order valence-electron chi connectivity index (χ3n) is 2.24. The van der Waals surface area contributed by atoms with Gasteiger partial charge in [-0.15, -0.1) is 0 Å². The monoisotopic (exact) mass is 249 g/mol. The van der Waals surface area contributed by atoms with Gasteiger partial charge in [0.05, 0.1) is 17.8 Å². The summed E-state index contributed by atoms with van der Waals surface area (Å²) < 4.78 is 10.6. The lowest BCUT2D eigenvalue weighted by Crippen LogP contribution is -1.98. The van der Waals surface area contributed by atoms with Crippen LogP contribution in [0.1, 0.15) is 5.69 Å². The Kier molecular flexibility index (Phi) is 3.83. The second-order valence-corrected chi connectivity index (χ2v) is 3.81. The van der Waals surface area contributed by atoms with Gasteiger partial charge in [0.15, 0.2) is 0 Å². The molecule has 0 unspecified atom stereocenters. The Balaban J connectivity index is 2.04. The van der Waals surface area contributed by atoms with E-state index in [2.05, 4.69) is 4.98 Å². The van der Waals surface area contributed by atoms with Gasteiger partial charge in [-0.3, -0.25) is 4.98 Å². The SMILES string of the molecule is COc1ccc(OCc2ccccn2)c(Cl)c1. The molecule has 0 spiro atoms. The maximum absolute atomic E-state index is 6.05. The van der Waals surface area contributed by atoms with E-state index in [1.807, 2.05) is 18.2 Å². The second-order valence-electron chi connectivity index (χ2n) is 3.41. The highest BCUT2D eigenvalue weighted by Gasteiger charge is 2.03. The minimum absolute atomic E-state index is 0.396. The first-order chi connectivity index (χ1) is 8.29. The molecule has 3 nitrogen and oxygen atoms in total. The fourth-order valence-corrected chi connectivity index (χ4v) is 1.59. The summed E-state index contributed by atoms with van der Waals surface area (Å²) in [5, 5.41) is 0.528. The molecule has 1 aromatic heterocycles. The van der Waals surface area contributed by atoms with Crippen LogP contribution in [-0.4, -0.2) is 12.1 Å². The van der Waals surface area contributed by atoms with E-state index in [1.54, 1.807) is 31.5 Å². The number of hydrogen-bond acceptors (Lipinski definition) is 3. The van der Waals surface area contributed by atoms with Gasteiger partial charge in [-0.2, -0.15) is 0 Å². The number of nitrogens with zero attached hydrogens (tertiary/aromatic N) is 1. The van der Waals surface area contributed by atoms with Crippen LogP contribution in [0.15, 0.2) is 42.6 Å². The number of methoxy groups -OCH3 is 1. The first-order valence-electron chi connectivity index (χ1n) is 5.16. The highest BCUT2D eigenvalue weighted by Crippen LogP contribution is 2.29. The number of halogens is 1. The Hall–Kier alpha value is -1.74. The van der Waals surface area contributed by atoms with Crippen molar-refractivity contribution in [3.63, 3.8) is 0 Å². The average molecular weight is 250 g/mol. The summed E-state index contributed by atoms with van der Waals surface area (Å²) in [6.45, 7) is 0.396. The lowest BCUT2D eigenvalue weighted by Gasteiger charge is -2.08. The van der Waals surface area contributed by atoms with Crippen LogP contribution >= 0.6 is 11.6 Å². The minimum atomic E-state index is 0.396. The van der Waals surface area contributed by atoms with Gasteiger partial charge in [0.1, 0.15) is 18.1 Å². The summed E-state index contributed by atoms with van der Waals surface area (Å²) in [4.78, 5) is 4.16. The number of hydrogen-bond donors (Lipinski definition) is 0. The largest absolute Gasteiger partial charge is 0.497 e. The molecule has 0 aliphatic rings. The van der Waals surface area contributed by atoms with E-state index in [0.29, 0.717) is 23.1 Å². The van der Waals surface area contributed by atoms with Gasteiger partial charge < -0.3 is 9.47 Å². The number of rotatable bonds is 4. The molecule has 0 radical (unpaired) electrons. The molecule has 0 N–H and O–H groups in total. The molecular formula is C13H12ClNO2. The summed E-state index contributed by atoms with van der Waals surface area (Å²) in [7, 11) is 1.60. The van der Waals surface area contributed by atoms with E-state index < -0.39 is 0 Å². The van der Waals surface area contributed by atoms with E-state index >= 15 is 0 Å². The van der Waals surface area contributed by atoms with E-state index in [1.165, 1.54) is 0 Å². The number of pyridine rings is 1. The maximum atomic E-state index is 6.05. The topological polar surface area (TPSA) is 31.4 Å². The Labute approximate surface area is 105 Å². The van der Waals surface area contributed by atoms with Crippen molar-refractivity contribution in [2.75, 3.05) is 7.11 Å². The normalized spacial score (nSPS) is 10.0. The van der Waals surface area contributed by atoms with E-state index in [4.69, 9.17) is 21.1 Å². The molecule has 0 saturated carbocycles. The van der Waals surface area contributed by atoms with Gasteiger partial charge in [0.2, 0.25) is 0 Å². The maximum Gasteiger partial charge on any atom is 0.138 e. The van der Waals surface area contributed by atoms with Crippen molar-refractivity contribution in [1.82, 2.24) is 4.98 Å². The Morgan fingerprint density at radius 3 is 2.76 bits per heavy atom. The first kappa shape index (κ1) is 11.7. The van der Waals surface area contributed by atoms with Gasteiger partial charge in [-0.25, -0.2) is 0 Å². The van der Waals surface area contributed by atoms with Crippen LogP contribution in [0.3, 0.4) is 0 Å². The highest BCUT2D eigenvalue weighted by atomic mass is 35.5. The quantitative estimate of drug-likeness (QED) is 0.833. The van der Waals surface area contributed by atoms with Crippen molar-refractivity contribution in [3.8, 4) is 11.5 Å². The third kappa shape index (κ3) is 3.11. The summed E-state index contributed by atoms with van der Waals surface area (Å²) >= 11 is 6.05. The Morgan fingerprint density at radius 2 is 2.12 bits per heavy atom. The predicted octanol–water partition coefficient (Wildman–Crippen LogP) is 3.32. The van der Waals surface area contributed by atoms with Crippen molar-refractivity contribution < 1.29 is 9.47 Å². The van der Waals surface area contributed by atoms with Crippen LogP contribution in [0, 0.1) is 0 Å². The van der Waals surface area contributed by atoms with E-state index in [0.717, 1.165) is 5.69 Å². The molecule has 0 saturated heterocycles. The zero-order valence-corrected chi connectivity index (χ0v) is 10.1. The summed E-state index contributed by atoms with van der Waals surface area (Å²) in [5.41, 5.74) is 0.861. The Bertz CT molecular complexity index is 488. The fraction of sp³-hybridized carbons (Fsp3) is 0.154. The molecule has 1 aromatic carbocycles. The van der Waals surface area contributed by atoms with Crippen LogP contribution in [0.5, 0.6) is 11.5 Å². The number of benzene rings is 1. The van der Waals surface area contributed by atoms with Crippen LogP contribution in [0.25, 0.3) is 0 Å². The van der Waals surface area contributed by atoms with Gasteiger partial charge in [-0.05, 0) is 24.3 Å². The molecule has 0 aliphatic carbocycles. The summed E-state index contributed by atoms with van der Waals surface area (Å²) in [6.07, 6.45) is 1.73. The highest BCUT2D eigenvalue weighted by molar-refractivity contribution is 6.32. The summed E-state index contributed by atoms with van der Waals surface area (Å²) in [6, 6.07) is 11.0. The standard InChI is InChI=1S/C13H12ClNO2/c1-16-11-5-6-13(12(14)8-11)17-9-10-4-2-3-7-15-10/h2-8H,9H2,1H3. The molecule has 0 bridgehead atoms. The zero-order chi connectivity index (χ0) is 12.1. The molecule has 2 rings (SSSR count). The zero-order valence-electron chi connectivity index (χ0n) is 9.39. The lowest BCUT2D eigenvalue weighted by molar-refractivity contribution is 0.301. The van der Waals surface area contributed by atoms with E-state index in [-0.39, 0.29) is 0 Å². The van der Waals surface area contributed by atoms with Crippen molar-refractivity contribution in [2.45, 2.75) is 6.61 Å². The molecular weight excluding hydrogens is 238 g/mol. The molecule has 1 heterocycles. The van der Waals surface area contributed by atoms with Crippen molar-refractivity contribution in [1.29, 1.82) is 0 Å². The van der Waals surface area contributed by atoms with Crippen molar-refractivity contribution in [3.05, 3.63) is 53.3 Å². The van der Waals surface area contributed by atoms with Crippen LogP contribution in [0.2, 0.25) is 5.02 Å². The number of aromatic nitrogens is 1. The van der Waals surface area contributed by atoms with Gasteiger partial charge in [0.25, 0.3) is 0 Å². The van der Waals surface area contributed by atoms with Crippen LogP contribution in [-0.2, 0) is 6.61 Å². The smallest absolute Gasteiger partial charge is 0.138 e. The van der Waals surface area contributed by atoms with Crippen LogP contribution < -0.4 is 9.47 Å². The molecule has 0 atom stereocenters. The second kappa shape index (κ2) is 5.55. The molecule has 88 valence electrons. The molecule has 2 aromatic rings. The van der Waals surface area contributed by atoms with Crippen LogP contribution in [0.4, 0.5) is 0 Å².